The molecule has 4 N–H and O–H groups in total. The van der Waals surface area contributed by atoms with Gasteiger partial charge in [-0.05, 0) is 38.0 Å². The van der Waals surface area contributed by atoms with Crippen LogP contribution in [0.2, 0.25) is 0 Å². The second-order valence-corrected chi connectivity index (χ2v) is 4.58. The zero-order valence-corrected chi connectivity index (χ0v) is 11.2. The highest BCUT2D eigenvalue weighted by molar-refractivity contribution is 6.11. The number of hydrogen-bond acceptors (Lipinski definition) is 3. The second kappa shape index (κ2) is 5.69. The number of carbonyl (C=O) groups excluding carboxylic acids is 1. The molecule has 1 aromatic carbocycles. The van der Waals surface area contributed by atoms with Crippen molar-refractivity contribution in [2.45, 2.75) is 27.2 Å². The van der Waals surface area contributed by atoms with Gasteiger partial charge in [0.05, 0.1) is 0 Å². The minimum Gasteiger partial charge on any atom is -0.409 e. The first-order valence-corrected chi connectivity index (χ1v) is 5.90. The van der Waals surface area contributed by atoms with Crippen molar-refractivity contribution in [2.75, 3.05) is 5.32 Å². The van der Waals surface area contributed by atoms with E-state index in [1.807, 2.05) is 0 Å². The van der Waals surface area contributed by atoms with E-state index >= 15 is 0 Å². The van der Waals surface area contributed by atoms with E-state index in [-0.39, 0.29) is 5.84 Å². The lowest BCUT2D eigenvalue weighted by molar-refractivity contribution is -0.121. The van der Waals surface area contributed by atoms with E-state index in [0.29, 0.717) is 12.1 Å². The summed E-state index contributed by atoms with van der Waals surface area (Å²) in [7, 11) is 0. The molecule has 0 aliphatic carbocycles. The molecule has 0 radical (unpaired) electrons. The van der Waals surface area contributed by atoms with Crippen molar-refractivity contribution in [1.82, 2.24) is 0 Å². The molecule has 0 spiro atoms. The summed E-state index contributed by atoms with van der Waals surface area (Å²) in [5.74, 6) is -1.07. The molecule has 1 atom stereocenters. The summed E-state index contributed by atoms with van der Waals surface area (Å²) < 4.78 is 13.2. The van der Waals surface area contributed by atoms with E-state index in [1.165, 1.54) is 12.1 Å². The number of nitrogens with zero attached hydrogens (tertiary/aromatic N) is 1. The Hall–Kier alpha value is -2.11. The van der Waals surface area contributed by atoms with Crippen molar-refractivity contribution in [3.8, 4) is 0 Å². The third-order valence-corrected chi connectivity index (χ3v) is 3.33. The number of oxime groups is 1. The minimum atomic E-state index is -1.15. The number of benzene rings is 1. The second-order valence-electron chi connectivity index (χ2n) is 4.58. The minimum absolute atomic E-state index is 0.179. The summed E-state index contributed by atoms with van der Waals surface area (Å²) in [5.41, 5.74) is 5.50. The van der Waals surface area contributed by atoms with E-state index in [9.17, 15) is 9.18 Å². The van der Waals surface area contributed by atoms with Crippen LogP contribution in [0, 0.1) is 18.2 Å². The number of nitrogens with two attached hydrogens (primary N) is 1. The van der Waals surface area contributed by atoms with Gasteiger partial charge in [0.25, 0.3) is 0 Å². The fourth-order valence-corrected chi connectivity index (χ4v) is 1.56. The van der Waals surface area contributed by atoms with Crippen LogP contribution < -0.4 is 11.1 Å². The summed E-state index contributed by atoms with van der Waals surface area (Å²) in [5, 5.41) is 14.2. The van der Waals surface area contributed by atoms with E-state index in [2.05, 4.69) is 10.5 Å². The van der Waals surface area contributed by atoms with Gasteiger partial charge in [-0.3, -0.25) is 4.79 Å². The lowest BCUT2D eigenvalue weighted by Crippen LogP contribution is -2.44. The Kier molecular flexibility index (Phi) is 4.47. The fourth-order valence-electron chi connectivity index (χ4n) is 1.56. The van der Waals surface area contributed by atoms with Crippen LogP contribution in [0.5, 0.6) is 0 Å². The van der Waals surface area contributed by atoms with Crippen molar-refractivity contribution in [1.29, 1.82) is 0 Å². The first kappa shape index (κ1) is 14.9. The monoisotopic (exact) mass is 267 g/mol. The van der Waals surface area contributed by atoms with E-state index < -0.39 is 17.1 Å². The summed E-state index contributed by atoms with van der Waals surface area (Å²) in [6, 6.07) is 4.11. The Morgan fingerprint density at radius 2 is 2.21 bits per heavy atom. The quantitative estimate of drug-likeness (QED) is 0.338. The number of hydrogen-bond donors (Lipinski definition) is 3. The van der Waals surface area contributed by atoms with Gasteiger partial charge < -0.3 is 16.3 Å². The average Bonchev–Trinajstić information content (AvgIpc) is 2.40. The highest BCUT2D eigenvalue weighted by atomic mass is 19.1. The summed E-state index contributed by atoms with van der Waals surface area (Å²) in [6.07, 6.45) is 0.350. The van der Waals surface area contributed by atoms with Gasteiger partial charge in [-0.15, -0.1) is 0 Å². The molecule has 5 nitrogen and oxygen atoms in total. The number of nitrogens with one attached hydrogen (secondary N) is 1. The zero-order valence-electron chi connectivity index (χ0n) is 11.2. The van der Waals surface area contributed by atoms with Crippen molar-refractivity contribution >= 4 is 17.4 Å². The van der Waals surface area contributed by atoms with Gasteiger partial charge in [-0.1, -0.05) is 18.1 Å². The topological polar surface area (TPSA) is 87.7 Å². The van der Waals surface area contributed by atoms with E-state index in [4.69, 9.17) is 10.9 Å². The Morgan fingerprint density at radius 3 is 2.74 bits per heavy atom. The van der Waals surface area contributed by atoms with Crippen molar-refractivity contribution in [2.24, 2.45) is 16.3 Å². The molecule has 1 aromatic rings. The van der Waals surface area contributed by atoms with Crippen LogP contribution in [0.25, 0.3) is 0 Å². The maximum absolute atomic E-state index is 13.2. The lowest BCUT2D eigenvalue weighted by Gasteiger charge is -2.25. The molecule has 0 saturated heterocycles. The predicted octanol–water partition coefficient (Wildman–Crippen LogP) is 2.24. The Balaban J connectivity index is 3.04. The zero-order chi connectivity index (χ0) is 14.6. The Labute approximate surface area is 111 Å². The SMILES string of the molecule is CCC(C)(C(=O)Nc1cc(F)ccc1C)/C(N)=N/O. The van der Waals surface area contributed by atoms with Crippen LogP contribution in [0.15, 0.2) is 23.4 Å². The largest absolute Gasteiger partial charge is 0.409 e. The van der Waals surface area contributed by atoms with Gasteiger partial charge in [-0.2, -0.15) is 0 Å². The molecule has 0 aromatic heterocycles. The van der Waals surface area contributed by atoms with Gasteiger partial charge in [0.2, 0.25) is 5.91 Å². The number of amides is 1. The van der Waals surface area contributed by atoms with Crippen LogP contribution in [0.3, 0.4) is 0 Å². The third-order valence-electron chi connectivity index (χ3n) is 3.33. The number of carbonyl (C=O) groups is 1. The molecule has 0 saturated carbocycles. The van der Waals surface area contributed by atoms with Crippen LogP contribution >= 0.6 is 0 Å². The molecule has 0 aliphatic rings. The normalized spacial score (nSPS) is 14.8. The molecular weight excluding hydrogens is 249 g/mol. The number of aryl methyl sites for hydroxylation is 1. The molecule has 0 aliphatic heterocycles. The molecule has 0 heterocycles. The van der Waals surface area contributed by atoms with Crippen LogP contribution in [0.1, 0.15) is 25.8 Å². The van der Waals surface area contributed by atoms with Crippen LogP contribution in [-0.2, 0) is 4.79 Å². The van der Waals surface area contributed by atoms with Gasteiger partial charge in [0.15, 0.2) is 5.84 Å². The van der Waals surface area contributed by atoms with Crippen molar-refractivity contribution in [3.63, 3.8) is 0 Å². The summed E-state index contributed by atoms with van der Waals surface area (Å²) >= 11 is 0. The van der Waals surface area contributed by atoms with Gasteiger partial charge in [0.1, 0.15) is 11.2 Å². The number of rotatable bonds is 4. The number of anilines is 1. The van der Waals surface area contributed by atoms with Gasteiger partial charge in [0, 0.05) is 5.69 Å². The first-order chi connectivity index (χ1) is 8.85. The van der Waals surface area contributed by atoms with Crippen LogP contribution in [0.4, 0.5) is 10.1 Å². The van der Waals surface area contributed by atoms with Gasteiger partial charge in [-0.25, -0.2) is 4.39 Å². The molecule has 1 unspecified atom stereocenters. The number of amidine groups is 1. The van der Waals surface area contributed by atoms with Gasteiger partial charge >= 0.3 is 0 Å². The number of halogens is 1. The maximum Gasteiger partial charge on any atom is 0.238 e. The molecule has 1 rings (SSSR count). The molecule has 1 amide bonds. The van der Waals surface area contributed by atoms with E-state index in [0.717, 1.165) is 5.56 Å². The van der Waals surface area contributed by atoms with E-state index in [1.54, 1.807) is 26.8 Å². The molecule has 0 bridgehead atoms. The smallest absolute Gasteiger partial charge is 0.238 e. The predicted molar refractivity (Wildman–Crippen MR) is 71.6 cm³/mol. The van der Waals surface area contributed by atoms with Crippen molar-refractivity contribution < 1.29 is 14.4 Å². The third kappa shape index (κ3) is 3.01. The van der Waals surface area contributed by atoms with Crippen molar-refractivity contribution in [3.05, 3.63) is 29.6 Å². The molecule has 19 heavy (non-hydrogen) atoms. The standard InChI is InChI=1S/C13H18FN3O2/c1-4-13(3,11(15)17-19)12(18)16-10-7-9(14)6-5-8(10)2/h5-7,19H,4H2,1-3H3,(H2,15,17)(H,16,18). The Bertz CT molecular complexity index is 517. The lowest BCUT2D eigenvalue weighted by atomic mass is 9.85. The molecule has 0 fully saturated rings. The molecular formula is C13H18FN3O2. The fraction of sp³-hybridized carbons (Fsp3) is 0.385. The first-order valence-electron chi connectivity index (χ1n) is 5.90. The van der Waals surface area contributed by atoms with Crippen LogP contribution in [-0.4, -0.2) is 17.0 Å². The average molecular weight is 267 g/mol. The summed E-state index contributed by atoms with van der Waals surface area (Å²) in [4.78, 5) is 12.2. The maximum atomic E-state index is 13.2. The molecule has 104 valence electrons. The highest BCUT2D eigenvalue weighted by Crippen LogP contribution is 2.25. The highest BCUT2D eigenvalue weighted by Gasteiger charge is 2.36. The summed E-state index contributed by atoms with van der Waals surface area (Å²) in [6.45, 7) is 5.06. The Morgan fingerprint density at radius 1 is 1.58 bits per heavy atom. The molecule has 6 heteroatoms.